The molecule has 0 aliphatic rings. The molecule has 0 saturated carbocycles. The molecule has 2 aromatic heterocycles. The molecule has 2 heterocycles. The van der Waals surface area contributed by atoms with E-state index >= 15 is 0 Å². The zero-order valence-electron chi connectivity index (χ0n) is 15.5. The standard InChI is InChI=1S/C22H21NS/c1-13(2)16-10-11-23-18(12-16)17-9-8-15(4)21-20-14(3)6-5-7-19(20)24-22(17)21/h5-13H,1-4H3/i13D. The van der Waals surface area contributed by atoms with E-state index in [1.54, 1.807) is 0 Å². The lowest BCUT2D eigenvalue weighted by molar-refractivity contribution is 0.864. The Kier molecular flexibility index (Phi) is 3.37. The van der Waals surface area contributed by atoms with Crippen molar-refractivity contribution in [3.05, 3.63) is 65.4 Å². The lowest BCUT2D eigenvalue weighted by Gasteiger charge is -2.09. The van der Waals surface area contributed by atoms with Gasteiger partial charge in [0.15, 0.2) is 0 Å². The van der Waals surface area contributed by atoms with E-state index in [9.17, 15) is 0 Å². The van der Waals surface area contributed by atoms with Crippen molar-refractivity contribution in [3.8, 4) is 11.3 Å². The number of fused-ring (bicyclic) bond motifs is 3. The van der Waals surface area contributed by atoms with Crippen LogP contribution in [0.3, 0.4) is 0 Å². The third kappa shape index (κ3) is 2.33. The van der Waals surface area contributed by atoms with Gasteiger partial charge in [0, 0.05) is 33.3 Å². The minimum atomic E-state index is -0.627. The highest BCUT2D eigenvalue weighted by Gasteiger charge is 2.15. The van der Waals surface area contributed by atoms with Crippen molar-refractivity contribution in [2.24, 2.45) is 0 Å². The molecule has 120 valence electrons. The molecule has 24 heavy (non-hydrogen) atoms. The predicted molar refractivity (Wildman–Crippen MR) is 106 cm³/mol. The maximum atomic E-state index is 8.32. The van der Waals surface area contributed by atoms with Crippen molar-refractivity contribution < 1.29 is 1.37 Å². The Morgan fingerprint density at radius 1 is 1.00 bits per heavy atom. The van der Waals surface area contributed by atoms with Gasteiger partial charge in [0.25, 0.3) is 0 Å². The van der Waals surface area contributed by atoms with E-state index in [0.717, 1.165) is 16.8 Å². The Bertz CT molecular complexity index is 1100. The zero-order chi connectivity index (χ0) is 17.8. The van der Waals surface area contributed by atoms with E-state index < -0.39 is 5.89 Å². The van der Waals surface area contributed by atoms with Gasteiger partial charge in [-0.25, -0.2) is 0 Å². The van der Waals surface area contributed by atoms with Gasteiger partial charge in [0.1, 0.15) is 0 Å². The number of benzene rings is 2. The summed E-state index contributed by atoms with van der Waals surface area (Å²) in [4.78, 5) is 4.62. The summed E-state index contributed by atoms with van der Waals surface area (Å²) >= 11 is 1.84. The Balaban J connectivity index is 2.06. The molecule has 0 fully saturated rings. The van der Waals surface area contributed by atoms with E-state index in [0.29, 0.717) is 0 Å². The normalized spacial score (nSPS) is 12.8. The number of hydrogen-bond donors (Lipinski definition) is 0. The van der Waals surface area contributed by atoms with Gasteiger partial charge in [-0.05, 0) is 54.6 Å². The summed E-state index contributed by atoms with van der Waals surface area (Å²) in [5, 5.41) is 2.70. The molecule has 0 atom stereocenters. The van der Waals surface area contributed by atoms with E-state index in [1.807, 2.05) is 37.4 Å². The van der Waals surface area contributed by atoms with E-state index in [4.69, 9.17) is 1.37 Å². The first-order chi connectivity index (χ1) is 11.9. The summed E-state index contributed by atoms with van der Waals surface area (Å²) in [6, 6.07) is 14.9. The topological polar surface area (TPSA) is 12.9 Å². The van der Waals surface area contributed by atoms with Crippen LogP contribution in [-0.2, 0) is 0 Å². The van der Waals surface area contributed by atoms with E-state index in [-0.39, 0.29) is 0 Å². The molecule has 0 aliphatic carbocycles. The number of aromatic nitrogens is 1. The van der Waals surface area contributed by atoms with Crippen molar-refractivity contribution in [1.29, 1.82) is 0 Å². The molecule has 4 aromatic rings. The minimum absolute atomic E-state index is 0.627. The summed E-state index contributed by atoms with van der Waals surface area (Å²) in [6.45, 7) is 8.20. The Labute approximate surface area is 148 Å². The maximum Gasteiger partial charge on any atom is 0.0719 e. The molecule has 0 aliphatic heterocycles. The summed E-state index contributed by atoms with van der Waals surface area (Å²) < 4.78 is 10.9. The first-order valence-corrected chi connectivity index (χ1v) is 9.06. The quantitative estimate of drug-likeness (QED) is 0.391. The average Bonchev–Trinajstić information content (AvgIpc) is 2.96. The number of aryl methyl sites for hydroxylation is 2. The highest BCUT2D eigenvalue weighted by molar-refractivity contribution is 7.26. The van der Waals surface area contributed by atoms with Gasteiger partial charge < -0.3 is 0 Å². The molecule has 0 unspecified atom stereocenters. The van der Waals surface area contributed by atoms with Crippen LogP contribution in [0.2, 0.25) is 0 Å². The second kappa shape index (κ2) is 5.71. The van der Waals surface area contributed by atoms with Crippen LogP contribution in [-0.4, -0.2) is 4.98 Å². The predicted octanol–water partition coefficient (Wildman–Crippen LogP) is 6.86. The van der Waals surface area contributed by atoms with Crippen molar-refractivity contribution in [2.45, 2.75) is 33.6 Å². The lowest BCUT2D eigenvalue weighted by Crippen LogP contribution is -1.91. The first kappa shape index (κ1) is 14.2. The van der Waals surface area contributed by atoms with Crippen LogP contribution in [0.4, 0.5) is 0 Å². The molecule has 2 heteroatoms. The molecule has 1 nitrogen and oxygen atoms in total. The molecule has 2 aromatic carbocycles. The third-order valence-corrected chi connectivity index (χ3v) is 5.86. The van der Waals surface area contributed by atoms with Crippen LogP contribution >= 0.6 is 11.3 Å². The molecule has 4 rings (SSSR count). The van der Waals surface area contributed by atoms with Gasteiger partial charge >= 0.3 is 0 Å². The highest BCUT2D eigenvalue weighted by Crippen LogP contribution is 2.42. The van der Waals surface area contributed by atoms with Gasteiger partial charge in [0.2, 0.25) is 0 Å². The molecular formula is C22H21NS. The fraction of sp³-hybridized carbons (Fsp3) is 0.227. The molecule has 0 amide bonds. The molecular weight excluding hydrogens is 310 g/mol. The monoisotopic (exact) mass is 332 g/mol. The van der Waals surface area contributed by atoms with Gasteiger partial charge in [-0.1, -0.05) is 38.1 Å². The van der Waals surface area contributed by atoms with Gasteiger partial charge in [-0.15, -0.1) is 11.3 Å². The van der Waals surface area contributed by atoms with Crippen LogP contribution in [0.15, 0.2) is 48.7 Å². The van der Waals surface area contributed by atoms with Crippen LogP contribution in [0.1, 0.15) is 37.8 Å². The summed E-state index contributed by atoms with van der Waals surface area (Å²) in [5.41, 5.74) is 5.72. The zero-order valence-corrected chi connectivity index (χ0v) is 15.3. The molecule has 0 spiro atoms. The Morgan fingerprint density at radius 3 is 2.58 bits per heavy atom. The van der Waals surface area contributed by atoms with Crippen LogP contribution in [0, 0.1) is 13.8 Å². The minimum Gasteiger partial charge on any atom is -0.256 e. The van der Waals surface area contributed by atoms with E-state index in [1.165, 1.54) is 31.3 Å². The van der Waals surface area contributed by atoms with Crippen LogP contribution in [0.5, 0.6) is 0 Å². The Morgan fingerprint density at radius 2 is 1.79 bits per heavy atom. The number of pyridine rings is 1. The van der Waals surface area contributed by atoms with Crippen molar-refractivity contribution >= 4 is 31.5 Å². The SMILES string of the molecule is [2H]C(C)(C)c1ccnc(-c2ccc(C)c3c2sc2cccc(C)c23)c1. The fourth-order valence-corrected chi connectivity index (χ4v) is 4.72. The van der Waals surface area contributed by atoms with E-state index in [2.05, 4.69) is 55.2 Å². The van der Waals surface area contributed by atoms with Crippen molar-refractivity contribution in [2.75, 3.05) is 0 Å². The van der Waals surface area contributed by atoms with Crippen molar-refractivity contribution in [3.63, 3.8) is 0 Å². The molecule has 0 saturated heterocycles. The van der Waals surface area contributed by atoms with Crippen molar-refractivity contribution in [1.82, 2.24) is 4.98 Å². The summed E-state index contributed by atoms with van der Waals surface area (Å²) in [6.07, 6.45) is 1.82. The fourth-order valence-electron chi connectivity index (χ4n) is 3.34. The Hall–Kier alpha value is -2.19. The van der Waals surface area contributed by atoms with Gasteiger partial charge in [0.05, 0.1) is 5.69 Å². The van der Waals surface area contributed by atoms with Gasteiger partial charge in [-0.3, -0.25) is 4.98 Å². The smallest absolute Gasteiger partial charge is 0.0719 e. The van der Waals surface area contributed by atoms with Gasteiger partial charge in [-0.2, -0.15) is 0 Å². The number of rotatable bonds is 2. The summed E-state index contributed by atoms with van der Waals surface area (Å²) in [5.74, 6) is -0.627. The lowest BCUT2D eigenvalue weighted by atomic mass is 9.98. The summed E-state index contributed by atoms with van der Waals surface area (Å²) in [7, 11) is 0. The molecule has 0 N–H and O–H groups in total. The number of hydrogen-bond acceptors (Lipinski definition) is 2. The molecule has 0 radical (unpaired) electrons. The largest absolute Gasteiger partial charge is 0.256 e. The third-order valence-electron chi connectivity index (χ3n) is 4.68. The molecule has 0 bridgehead atoms. The first-order valence-electron chi connectivity index (χ1n) is 8.74. The van der Waals surface area contributed by atoms with Crippen LogP contribution in [0.25, 0.3) is 31.4 Å². The second-order valence-electron chi connectivity index (χ2n) is 6.61. The number of thiophene rings is 1. The van der Waals surface area contributed by atoms with Crippen LogP contribution < -0.4 is 0 Å². The maximum absolute atomic E-state index is 8.32. The highest BCUT2D eigenvalue weighted by atomic mass is 32.1. The average molecular weight is 332 g/mol. The second-order valence-corrected chi connectivity index (χ2v) is 7.67. The number of nitrogens with zero attached hydrogens (tertiary/aromatic N) is 1.